The van der Waals surface area contributed by atoms with Gasteiger partial charge >= 0.3 is 0 Å². The van der Waals surface area contributed by atoms with Gasteiger partial charge in [0.1, 0.15) is 0 Å². The molecule has 0 spiro atoms. The van der Waals surface area contributed by atoms with Gasteiger partial charge in [-0.2, -0.15) is 0 Å². The van der Waals surface area contributed by atoms with Crippen molar-refractivity contribution in [3.8, 4) is 0 Å². The monoisotopic (exact) mass is 303 g/mol. The maximum Gasteiger partial charge on any atom is 0.212 e. The molecular weight excluding hydrogens is 282 g/mol. The van der Waals surface area contributed by atoms with Crippen LogP contribution in [0.2, 0.25) is 0 Å². The predicted molar refractivity (Wildman–Crippen MR) is 81.2 cm³/mol. The first-order chi connectivity index (χ1) is 8.64. The molecule has 1 N–H and O–H groups in total. The lowest BCUT2D eigenvalue weighted by molar-refractivity contribution is 0.444. The Labute approximate surface area is 121 Å². The first kappa shape index (κ1) is 16.5. The average molecular weight is 304 g/mol. The van der Waals surface area contributed by atoms with E-state index in [1.165, 1.54) is 0 Å². The fraction of sp³-hybridized carbons (Fsp3) is 0.571. The molecular formula is C14H22ClNO2S. The molecule has 0 heterocycles. The summed E-state index contributed by atoms with van der Waals surface area (Å²) in [6.07, 6.45) is 0. The average Bonchev–Trinajstić information content (AvgIpc) is 2.27. The van der Waals surface area contributed by atoms with Crippen LogP contribution in [-0.4, -0.2) is 25.1 Å². The Morgan fingerprint density at radius 1 is 1.21 bits per heavy atom. The first-order valence-electron chi connectivity index (χ1n) is 6.35. The van der Waals surface area contributed by atoms with Crippen molar-refractivity contribution < 1.29 is 8.42 Å². The van der Waals surface area contributed by atoms with E-state index in [2.05, 4.69) is 4.72 Å². The van der Waals surface area contributed by atoms with Crippen molar-refractivity contribution in [2.45, 2.75) is 44.5 Å². The number of benzene rings is 1. The molecule has 0 bridgehead atoms. The molecule has 0 aliphatic rings. The molecule has 5 heteroatoms. The quantitative estimate of drug-likeness (QED) is 0.821. The van der Waals surface area contributed by atoms with Crippen LogP contribution in [0.4, 0.5) is 0 Å². The van der Waals surface area contributed by atoms with E-state index in [4.69, 9.17) is 11.6 Å². The molecule has 0 amide bonds. The molecule has 2 atom stereocenters. The minimum atomic E-state index is -3.37. The van der Waals surface area contributed by atoms with Crippen LogP contribution in [-0.2, 0) is 10.0 Å². The van der Waals surface area contributed by atoms with Crippen LogP contribution in [0.1, 0.15) is 39.2 Å². The Bertz CT molecular complexity index is 497. The van der Waals surface area contributed by atoms with Gasteiger partial charge in [-0.1, -0.05) is 37.3 Å². The molecule has 0 fully saturated rings. The standard InChI is InChI=1S/C14H22ClNO2S/c1-11(13-8-6-5-7-9-13)10-19(17,18)16-14(3,4)12(2)15/h5-9,11-12,16H,10H2,1-4H3. The Balaban J connectivity index is 2.76. The Morgan fingerprint density at radius 2 is 1.74 bits per heavy atom. The molecule has 2 unspecified atom stereocenters. The van der Waals surface area contributed by atoms with E-state index in [1.54, 1.807) is 20.8 Å². The van der Waals surface area contributed by atoms with Gasteiger partial charge in [-0.3, -0.25) is 0 Å². The van der Waals surface area contributed by atoms with Gasteiger partial charge in [0, 0.05) is 10.9 Å². The fourth-order valence-electron chi connectivity index (χ4n) is 1.73. The Kier molecular flexibility index (Phi) is 5.42. The number of halogens is 1. The van der Waals surface area contributed by atoms with Crippen molar-refractivity contribution in [3.05, 3.63) is 35.9 Å². The van der Waals surface area contributed by atoms with Crippen LogP contribution < -0.4 is 4.72 Å². The zero-order valence-corrected chi connectivity index (χ0v) is 13.4. The third-order valence-corrected chi connectivity index (χ3v) is 5.57. The number of alkyl halides is 1. The third-order valence-electron chi connectivity index (χ3n) is 3.25. The van der Waals surface area contributed by atoms with Gasteiger partial charge in [0.2, 0.25) is 10.0 Å². The molecule has 3 nitrogen and oxygen atoms in total. The molecule has 1 aromatic rings. The summed E-state index contributed by atoms with van der Waals surface area (Å²) in [6.45, 7) is 7.27. The summed E-state index contributed by atoms with van der Waals surface area (Å²) in [5.74, 6) is 0.00414. The van der Waals surface area contributed by atoms with Crippen LogP contribution >= 0.6 is 11.6 Å². The van der Waals surface area contributed by atoms with Crippen molar-refractivity contribution in [1.82, 2.24) is 4.72 Å². The highest BCUT2D eigenvalue weighted by Gasteiger charge is 2.30. The largest absolute Gasteiger partial charge is 0.212 e. The molecule has 0 aliphatic carbocycles. The second-order valence-corrected chi connectivity index (χ2v) is 7.95. The second-order valence-electron chi connectivity index (χ2n) is 5.53. The summed E-state index contributed by atoms with van der Waals surface area (Å²) in [6, 6.07) is 9.62. The predicted octanol–water partition coefficient (Wildman–Crippen LogP) is 3.12. The van der Waals surface area contributed by atoms with E-state index in [-0.39, 0.29) is 17.0 Å². The van der Waals surface area contributed by atoms with Gasteiger partial charge in [0.25, 0.3) is 0 Å². The first-order valence-corrected chi connectivity index (χ1v) is 8.43. The van der Waals surface area contributed by atoms with E-state index >= 15 is 0 Å². The summed E-state index contributed by atoms with van der Waals surface area (Å²) in [5, 5.41) is -0.283. The Hall–Kier alpha value is -0.580. The van der Waals surface area contributed by atoms with Crippen LogP contribution in [0.3, 0.4) is 0 Å². The molecule has 108 valence electrons. The zero-order chi connectivity index (χ0) is 14.7. The van der Waals surface area contributed by atoms with E-state index in [0.29, 0.717) is 0 Å². The minimum absolute atomic E-state index is 0.0554. The summed E-state index contributed by atoms with van der Waals surface area (Å²) in [7, 11) is -3.37. The number of nitrogens with one attached hydrogen (secondary N) is 1. The second kappa shape index (κ2) is 6.25. The minimum Gasteiger partial charge on any atom is -0.212 e. The fourth-order valence-corrected chi connectivity index (χ4v) is 3.76. The van der Waals surface area contributed by atoms with E-state index in [0.717, 1.165) is 5.56 Å². The third kappa shape index (κ3) is 5.13. The van der Waals surface area contributed by atoms with Gasteiger partial charge in [-0.05, 0) is 32.3 Å². The van der Waals surface area contributed by atoms with Crippen molar-refractivity contribution in [2.24, 2.45) is 0 Å². The normalized spacial score (nSPS) is 16.1. The summed E-state index contributed by atoms with van der Waals surface area (Å²) in [5.41, 5.74) is 0.362. The van der Waals surface area contributed by atoms with Gasteiger partial charge in [-0.15, -0.1) is 11.6 Å². The maximum atomic E-state index is 12.2. The van der Waals surface area contributed by atoms with Gasteiger partial charge in [0.15, 0.2) is 0 Å². The van der Waals surface area contributed by atoms with Crippen molar-refractivity contribution in [3.63, 3.8) is 0 Å². The number of rotatable bonds is 6. The summed E-state index contributed by atoms with van der Waals surface area (Å²) >= 11 is 6.00. The SMILES string of the molecule is CC(CS(=O)(=O)NC(C)(C)C(C)Cl)c1ccccc1. The van der Waals surface area contributed by atoms with E-state index in [1.807, 2.05) is 37.3 Å². The molecule has 19 heavy (non-hydrogen) atoms. The molecule has 0 radical (unpaired) electrons. The lowest BCUT2D eigenvalue weighted by Gasteiger charge is -2.29. The smallest absolute Gasteiger partial charge is 0.212 e. The number of sulfonamides is 1. The summed E-state index contributed by atoms with van der Waals surface area (Å²) < 4.78 is 27.0. The highest BCUT2D eigenvalue weighted by atomic mass is 35.5. The van der Waals surface area contributed by atoms with Crippen molar-refractivity contribution >= 4 is 21.6 Å². The molecule has 0 saturated carbocycles. The van der Waals surface area contributed by atoms with Crippen LogP contribution in [0, 0.1) is 0 Å². The van der Waals surface area contributed by atoms with Crippen molar-refractivity contribution in [2.75, 3.05) is 5.75 Å². The van der Waals surface area contributed by atoms with Crippen LogP contribution in [0.15, 0.2) is 30.3 Å². The van der Waals surface area contributed by atoms with Gasteiger partial charge < -0.3 is 0 Å². The molecule has 0 aromatic heterocycles. The van der Waals surface area contributed by atoms with Crippen LogP contribution in [0.25, 0.3) is 0 Å². The van der Waals surface area contributed by atoms with Crippen molar-refractivity contribution in [1.29, 1.82) is 0 Å². The number of hydrogen-bond acceptors (Lipinski definition) is 2. The van der Waals surface area contributed by atoms with Gasteiger partial charge in [0.05, 0.1) is 5.75 Å². The maximum absolute atomic E-state index is 12.2. The lowest BCUT2D eigenvalue weighted by atomic mass is 10.0. The Morgan fingerprint density at radius 3 is 2.21 bits per heavy atom. The van der Waals surface area contributed by atoms with E-state index < -0.39 is 15.6 Å². The number of hydrogen-bond donors (Lipinski definition) is 1. The van der Waals surface area contributed by atoms with E-state index in [9.17, 15) is 8.42 Å². The molecule has 1 aromatic carbocycles. The van der Waals surface area contributed by atoms with Crippen LogP contribution in [0.5, 0.6) is 0 Å². The zero-order valence-electron chi connectivity index (χ0n) is 11.9. The molecule has 0 saturated heterocycles. The molecule has 1 rings (SSSR count). The van der Waals surface area contributed by atoms with Gasteiger partial charge in [-0.25, -0.2) is 13.1 Å². The topological polar surface area (TPSA) is 46.2 Å². The molecule has 0 aliphatic heterocycles. The lowest BCUT2D eigenvalue weighted by Crippen LogP contribution is -2.50. The highest BCUT2D eigenvalue weighted by Crippen LogP contribution is 2.20. The highest BCUT2D eigenvalue weighted by molar-refractivity contribution is 7.89. The summed E-state index contributed by atoms with van der Waals surface area (Å²) in [4.78, 5) is 0.